The average Bonchev–Trinajstić information content (AvgIpc) is 3.24. The zero-order valence-corrected chi connectivity index (χ0v) is 15.8. The van der Waals surface area contributed by atoms with Crippen LogP contribution in [-0.4, -0.2) is 34.2 Å². The smallest absolute Gasteiger partial charge is 0.322 e. The summed E-state index contributed by atoms with van der Waals surface area (Å²) in [4.78, 5) is 18.7. The van der Waals surface area contributed by atoms with Crippen molar-refractivity contribution in [2.24, 2.45) is 0 Å². The molecule has 4 rings (SSSR count). The van der Waals surface area contributed by atoms with Crippen LogP contribution in [0.2, 0.25) is 0 Å². The summed E-state index contributed by atoms with van der Waals surface area (Å²) < 4.78 is 5.14. The number of carbonyl (C=O) groups is 1. The Kier molecular flexibility index (Phi) is 5.19. The summed E-state index contributed by atoms with van der Waals surface area (Å²) >= 11 is 0. The molecule has 2 heterocycles. The standard InChI is InChI=1S/C22H22N4O2/c1-2-20-24-21(25-28-20)18-8-10-19(11-9-18)23-22(27)26-14-12-17(13-15-26)16-6-4-3-5-7-16/h3-12H,2,13-15H2,1H3,(H,23,27). The molecule has 1 N–H and O–H groups in total. The maximum Gasteiger partial charge on any atom is 0.322 e. The van der Waals surface area contributed by atoms with Crippen LogP contribution in [0.25, 0.3) is 17.0 Å². The maximum atomic E-state index is 12.6. The number of benzene rings is 2. The molecule has 0 fully saturated rings. The van der Waals surface area contributed by atoms with Crippen LogP contribution in [0.3, 0.4) is 0 Å². The van der Waals surface area contributed by atoms with E-state index < -0.39 is 0 Å². The molecular formula is C22H22N4O2. The van der Waals surface area contributed by atoms with Crippen LogP contribution < -0.4 is 5.32 Å². The van der Waals surface area contributed by atoms with Crippen LogP contribution in [0.5, 0.6) is 0 Å². The minimum atomic E-state index is -0.0936. The van der Waals surface area contributed by atoms with Gasteiger partial charge in [0.25, 0.3) is 0 Å². The van der Waals surface area contributed by atoms with Gasteiger partial charge in [-0.15, -0.1) is 0 Å². The van der Waals surface area contributed by atoms with E-state index in [0.29, 0.717) is 31.2 Å². The number of hydrogen-bond acceptors (Lipinski definition) is 4. The number of aromatic nitrogens is 2. The predicted octanol–water partition coefficient (Wildman–Crippen LogP) is 4.62. The average molecular weight is 374 g/mol. The minimum Gasteiger partial charge on any atom is -0.339 e. The fourth-order valence-electron chi connectivity index (χ4n) is 3.19. The van der Waals surface area contributed by atoms with Gasteiger partial charge in [0.15, 0.2) is 0 Å². The molecule has 0 saturated carbocycles. The fourth-order valence-corrected chi connectivity index (χ4v) is 3.19. The molecule has 0 atom stereocenters. The van der Waals surface area contributed by atoms with Crippen LogP contribution in [0.15, 0.2) is 65.2 Å². The van der Waals surface area contributed by atoms with E-state index in [4.69, 9.17) is 4.52 Å². The lowest BCUT2D eigenvalue weighted by molar-refractivity contribution is 0.217. The number of carbonyl (C=O) groups excluding carboxylic acids is 1. The number of amides is 2. The van der Waals surface area contributed by atoms with E-state index in [1.54, 1.807) is 0 Å². The van der Waals surface area contributed by atoms with E-state index in [2.05, 4.69) is 33.7 Å². The summed E-state index contributed by atoms with van der Waals surface area (Å²) in [5.41, 5.74) is 4.12. The lowest BCUT2D eigenvalue weighted by Crippen LogP contribution is -2.37. The lowest BCUT2D eigenvalue weighted by Gasteiger charge is -2.27. The van der Waals surface area contributed by atoms with Crippen molar-refractivity contribution in [2.45, 2.75) is 19.8 Å². The molecule has 1 aliphatic heterocycles. The molecule has 0 radical (unpaired) electrons. The van der Waals surface area contributed by atoms with E-state index in [1.165, 1.54) is 11.1 Å². The Morgan fingerprint density at radius 1 is 1.11 bits per heavy atom. The van der Waals surface area contributed by atoms with Gasteiger partial charge in [0.1, 0.15) is 0 Å². The second kappa shape index (κ2) is 8.08. The topological polar surface area (TPSA) is 71.3 Å². The van der Waals surface area contributed by atoms with Crippen LogP contribution >= 0.6 is 0 Å². The predicted molar refractivity (Wildman–Crippen MR) is 109 cm³/mol. The molecule has 1 aliphatic rings. The Hall–Kier alpha value is -3.41. The molecule has 142 valence electrons. The molecule has 0 aliphatic carbocycles. The number of anilines is 1. The third kappa shape index (κ3) is 3.96. The maximum absolute atomic E-state index is 12.6. The molecule has 2 amide bonds. The summed E-state index contributed by atoms with van der Waals surface area (Å²) in [7, 11) is 0. The van der Waals surface area contributed by atoms with Crippen LogP contribution in [0, 0.1) is 0 Å². The monoisotopic (exact) mass is 374 g/mol. The van der Waals surface area contributed by atoms with Crippen molar-refractivity contribution in [3.63, 3.8) is 0 Å². The second-order valence-corrected chi connectivity index (χ2v) is 6.66. The van der Waals surface area contributed by atoms with Crippen molar-refractivity contribution in [3.8, 4) is 11.4 Å². The highest BCUT2D eigenvalue weighted by Gasteiger charge is 2.18. The molecule has 28 heavy (non-hydrogen) atoms. The molecule has 3 aromatic rings. The fraction of sp³-hybridized carbons (Fsp3) is 0.227. The number of nitrogens with one attached hydrogen (secondary N) is 1. The summed E-state index contributed by atoms with van der Waals surface area (Å²) in [5.74, 6) is 1.17. The Morgan fingerprint density at radius 3 is 2.54 bits per heavy atom. The van der Waals surface area contributed by atoms with Crippen molar-refractivity contribution in [2.75, 3.05) is 18.4 Å². The van der Waals surface area contributed by atoms with Crippen LogP contribution in [0.4, 0.5) is 10.5 Å². The Labute approximate surface area is 163 Å². The first kappa shape index (κ1) is 18.0. The number of nitrogens with zero attached hydrogens (tertiary/aromatic N) is 3. The van der Waals surface area contributed by atoms with Crippen molar-refractivity contribution in [3.05, 3.63) is 72.1 Å². The highest BCUT2D eigenvalue weighted by Crippen LogP contribution is 2.23. The van der Waals surface area contributed by atoms with Gasteiger partial charge in [-0.3, -0.25) is 0 Å². The largest absolute Gasteiger partial charge is 0.339 e. The molecule has 2 aromatic carbocycles. The van der Waals surface area contributed by atoms with Gasteiger partial charge in [-0.05, 0) is 41.8 Å². The van der Waals surface area contributed by atoms with Gasteiger partial charge in [-0.25, -0.2) is 4.79 Å². The molecule has 6 heteroatoms. The molecule has 0 saturated heterocycles. The van der Waals surface area contributed by atoms with Crippen molar-refractivity contribution >= 4 is 17.3 Å². The van der Waals surface area contributed by atoms with Gasteiger partial charge in [0.05, 0.1) is 0 Å². The van der Waals surface area contributed by atoms with E-state index in [-0.39, 0.29) is 6.03 Å². The summed E-state index contributed by atoms with van der Waals surface area (Å²) in [6.07, 6.45) is 3.69. The molecule has 6 nitrogen and oxygen atoms in total. The minimum absolute atomic E-state index is 0.0936. The molecular weight excluding hydrogens is 352 g/mol. The third-order valence-electron chi connectivity index (χ3n) is 4.81. The van der Waals surface area contributed by atoms with Crippen molar-refractivity contribution < 1.29 is 9.32 Å². The summed E-state index contributed by atoms with van der Waals surface area (Å²) in [6, 6.07) is 17.7. The molecule has 0 unspecified atom stereocenters. The molecule has 0 bridgehead atoms. The Balaban J connectivity index is 1.37. The third-order valence-corrected chi connectivity index (χ3v) is 4.81. The highest BCUT2D eigenvalue weighted by molar-refractivity contribution is 5.90. The first-order valence-corrected chi connectivity index (χ1v) is 9.46. The number of urea groups is 1. The van der Waals surface area contributed by atoms with Gasteiger partial charge >= 0.3 is 6.03 Å². The van der Waals surface area contributed by atoms with Crippen LogP contribution in [0.1, 0.15) is 24.8 Å². The summed E-state index contributed by atoms with van der Waals surface area (Å²) in [6.45, 7) is 3.28. The molecule has 0 spiro atoms. The van der Waals surface area contributed by atoms with Gasteiger partial charge in [0.2, 0.25) is 11.7 Å². The van der Waals surface area contributed by atoms with Gasteiger partial charge < -0.3 is 14.7 Å². The number of rotatable bonds is 4. The first-order valence-electron chi connectivity index (χ1n) is 9.46. The van der Waals surface area contributed by atoms with E-state index in [0.717, 1.165) is 17.7 Å². The quantitative estimate of drug-likeness (QED) is 0.723. The Bertz CT molecular complexity index is 977. The van der Waals surface area contributed by atoms with Gasteiger partial charge in [-0.1, -0.05) is 48.5 Å². The SMILES string of the molecule is CCc1nc(-c2ccc(NC(=O)N3CC=C(c4ccccc4)CC3)cc2)no1. The zero-order valence-electron chi connectivity index (χ0n) is 15.8. The number of aryl methyl sites for hydroxylation is 1. The highest BCUT2D eigenvalue weighted by atomic mass is 16.5. The van der Waals surface area contributed by atoms with Gasteiger partial charge in [0, 0.05) is 30.8 Å². The van der Waals surface area contributed by atoms with Crippen LogP contribution in [-0.2, 0) is 6.42 Å². The zero-order chi connectivity index (χ0) is 19.3. The molecule has 1 aromatic heterocycles. The summed E-state index contributed by atoms with van der Waals surface area (Å²) in [5, 5.41) is 6.92. The van der Waals surface area contributed by atoms with Gasteiger partial charge in [-0.2, -0.15) is 4.98 Å². The Morgan fingerprint density at radius 2 is 1.89 bits per heavy atom. The van der Waals surface area contributed by atoms with E-state index in [9.17, 15) is 4.79 Å². The number of hydrogen-bond donors (Lipinski definition) is 1. The normalized spacial score (nSPS) is 13.9. The lowest BCUT2D eigenvalue weighted by atomic mass is 10.00. The van der Waals surface area contributed by atoms with E-state index >= 15 is 0 Å². The second-order valence-electron chi connectivity index (χ2n) is 6.66. The van der Waals surface area contributed by atoms with E-state index in [1.807, 2.05) is 54.3 Å². The first-order chi connectivity index (χ1) is 13.7. The van der Waals surface area contributed by atoms with Crippen molar-refractivity contribution in [1.29, 1.82) is 0 Å². The van der Waals surface area contributed by atoms with Crippen molar-refractivity contribution in [1.82, 2.24) is 15.0 Å².